The second-order valence-corrected chi connectivity index (χ2v) is 6.22. The Labute approximate surface area is 108 Å². The van der Waals surface area contributed by atoms with Crippen molar-refractivity contribution in [3.63, 3.8) is 0 Å². The minimum atomic E-state index is -0.00980. The summed E-state index contributed by atoms with van der Waals surface area (Å²) < 4.78 is 0. The van der Waals surface area contributed by atoms with Crippen molar-refractivity contribution in [2.45, 2.75) is 34.3 Å². The SMILES string of the molecule is CC1(C)C(C(=O)Nc2cccc(CO)c2)C1(C)C. The van der Waals surface area contributed by atoms with Gasteiger partial charge in [0.25, 0.3) is 0 Å². The Balaban J connectivity index is 2.09. The molecule has 98 valence electrons. The monoisotopic (exact) mass is 247 g/mol. The molecule has 0 heterocycles. The normalized spacial score (nSPS) is 20.5. The van der Waals surface area contributed by atoms with Crippen LogP contribution in [0.25, 0.3) is 0 Å². The summed E-state index contributed by atoms with van der Waals surface area (Å²) in [5.74, 6) is 0.114. The van der Waals surface area contributed by atoms with Crippen molar-refractivity contribution in [2.75, 3.05) is 5.32 Å². The van der Waals surface area contributed by atoms with Crippen molar-refractivity contribution >= 4 is 11.6 Å². The lowest BCUT2D eigenvalue weighted by molar-refractivity contribution is -0.118. The second kappa shape index (κ2) is 4.09. The Bertz CT molecular complexity index is 463. The van der Waals surface area contributed by atoms with Crippen LogP contribution in [0, 0.1) is 16.7 Å². The van der Waals surface area contributed by atoms with Crippen molar-refractivity contribution in [3.8, 4) is 0 Å². The highest BCUT2D eigenvalue weighted by atomic mass is 16.3. The van der Waals surface area contributed by atoms with E-state index in [9.17, 15) is 4.79 Å². The van der Waals surface area contributed by atoms with Gasteiger partial charge in [-0.05, 0) is 28.5 Å². The van der Waals surface area contributed by atoms with Crippen LogP contribution in [0.4, 0.5) is 5.69 Å². The number of amides is 1. The third kappa shape index (κ3) is 1.93. The molecule has 1 aromatic rings. The van der Waals surface area contributed by atoms with Gasteiger partial charge in [0.1, 0.15) is 0 Å². The van der Waals surface area contributed by atoms with Crippen LogP contribution in [0.1, 0.15) is 33.3 Å². The molecule has 0 atom stereocenters. The van der Waals surface area contributed by atoms with E-state index in [-0.39, 0.29) is 29.3 Å². The van der Waals surface area contributed by atoms with Gasteiger partial charge in [0.2, 0.25) is 5.91 Å². The van der Waals surface area contributed by atoms with Crippen molar-refractivity contribution in [1.29, 1.82) is 0 Å². The standard InChI is InChI=1S/C15H21NO2/c1-14(2)12(15(14,3)4)13(18)16-11-7-5-6-10(8-11)9-17/h5-8,12,17H,9H2,1-4H3,(H,16,18). The largest absolute Gasteiger partial charge is 0.392 e. The van der Waals surface area contributed by atoms with Gasteiger partial charge < -0.3 is 10.4 Å². The Morgan fingerprint density at radius 3 is 2.39 bits per heavy atom. The molecule has 3 nitrogen and oxygen atoms in total. The summed E-state index contributed by atoms with van der Waals surface area (Å²) >= 11 is 0. The fourth-order valence-corrected chi connectivity index (χ4v) is 2.81. The number of aliphatic hydroxyl groups is 1. The van der Waals surface area contributed by atoms with Crippen LogP contribution in [0.5, 0.6) is 0 Å². The Morgan fingerprint density at radius 1 is 1.28 bits per heavy atom. The predicted octanol–water partition coefficient (Wildman–Crippen LogP) is 2.80. The summed E-state index contributed by atoms with van der Waals surface area (Å²) in [6.45, 7) is 8.50. The van der Waals surface area contributed by atoms with Gasteiger partial charge >= 0.3 is 0 Å². The predicted molar refractivity (Wildman–Crippen MR) is 72.0 cm³/mol. The summed E-state index contributed by atoms with van der Waals surface area (Å²) in [6.07, 6.45) is 0. The first-order valence-corrected chi connectivity index (χ1v) is 6.31. The molecule has 2 N–H and O–H groups in total. The summed E-state index contributed by atoms with van der Waals surface area (Å²) in [5.41, 5.74) is 1.66. The molecule has 0 spiro atoms. The molecule has 0 unspecified atom stereocenters. The van der Waals surface area contributed by atoms with E-state index in [1.54, 1.807) is 6.07 Å². The molecule has 1 fully saturated rings. The number of carbonyl (C=O) groups is 1. The number of aliphatic hydroxyl groups excluding tert-OH is 1. The number of hydrogen-bond donors (Lipinski definition) is 2. The molecule has 0 aromatic heterocycles. The van der Waals surface area contributed by atoms with E-state index in [1.807, 2.05) is 18.2 Å². The summed E-state index contributed by atoms with van der Waals surface area (Å²) in [6, 6.07) is 7.32. The van der Waals surface area contributed by atoms with E-state index < -0.39 is 0 Å². The van der Waals surface area contributed by atoms with Crippen LogP contribution >= 0.6 is 0 Å². The number of hydrogen-bond acceptors (Lipinski definition) is 2. The highest BCUT2D eigenvalue weighted by Crippen LogP contribution is 2.68. The van der Waals surface area contributed by atoms with Crippen molar-refractivity contribution in [3.05, 3.63) is 29.8 Å². The third-order valence-electron chi connectivity index (χ3n) is 4.66. The summed E-state index contributed by atoms with van der Waals surface area (Å²) in [5, 5.41) is 12.0. The molecule has 18 heavy (non-hydrogen) atoms. The van der Waals surface area contributed by atoms with Gasteiger partial charge in [0.05, 0.1) is 6.61 Å². The lowest BCUT2D eigenvalue weighted by Crippen LogP contribution is -2.17. The van der Waals surface area contributed by atoms with Crippen molar-refractivity contribution in [2.24, 2.45) is 16.7 Å². The van der Waals surface area contributed by atoms with Gasteiger partial charge in [0, 0.05) is 11.6 Å². The lowest BCUT2D eigenvalue weighted by atomic mass is 10.0. The first-order valence-electron chi connectivity index (χ1n) is 6.31. The van der Waals surface area contributed by atoms with E-state index in [0.29, 0.717) is 0 Å². The molecular formula is C15H21NO2. The molecule has 1 aromatic carbocycles. The van der Waals surface area contributed by atoms with E-state index in [1.165, 1.54) is 0 Å². The number of rotatable bonds is 3. The molecule has 3 heteroatoms. The number of benzene rings is 1. The van der Waals surface area contributed by atoms with Gasteiger partial charge in [-0.2, -0.15) is 0 Å². The zero-order valence-electron chi connectivity index (χ0n) is 11.4. The zero-order chi connectivity index (χ0) is 13.6. The first kappa shape index (κ1) is 13.1. The number of carbonyl (C=O) groups excluding carboxylic acids is 1. The van der Waals surface area contributed by atoms with Gasteiger partial charge in [-0.25, -0.2) is 0 Å². The molecule has 0 bridgehead atoms. The quantitative estimate of drug-likeness (QED) is 0.863. The smallest absolute Gasteiger partial charge is 0.228 e. The van der Waals surface area contributed by atoms with Gasteiger partial charge in [-0.3, -0.25) is 4.79 Å². The van der Waals surface area contributed by atoms with Gasteiger partial charge in [-0.15, -0.1) is 0 Å². The molecule has 0 radical (unpaired) electrons. The van der Waals surface area contributed by atoms with Crippen molar-refractivity contribution in [1.82, 2.24) is 0 Å². The van der Waals surface area contributed by atoms with E-state index in [2.05, 4.69) is 33.0 Å². The molecule has 1 aliphatic carbocycles. The summed E-state index contributed by atoms with van der Waals surface area (Å²) in [7, 11) is 0. The van der Waals surface area contributed by atoms with Gasteiger partial charge in [0.15, 0.2) is 0 Å². The van der Waals surface area contributed by atoms with Gasteiger partial charge in [-0.1, -0.05) is 39.8 Å². The molecule has 2 rings (SSSR count). The van der Waals surface area contributed by atoms with Crippen LogP contribution < -0.4 is 5.32 Å². The highest BCUT2D eigenvalue weighted by molar-refractivity contribution is 5.96. The minimum Gasteiger partial charge on any atom is -0.392 e. The van der Waals surface area contributed by atoms with Crippen LogP contribution in [-0.4, -0.2) is 11.0 Å². The molecule has 1 saturated carbocycles. The van der Waals surface area contributed by atoms with Crippen LogP contribution in [0.3, 0.4) is 0 Å². The fourth-order valence-electron chi connectivity index (χ4n) is 2.81. The molecule has 1 aliphatic rings. The molecular weight excluding hydrogens is 226 g/mol. The van der Waals surface area contributed by atoms with Crippen LogP contribution in [0.2, 0.25) is 0 Å². The second-order valence-electron chi connectivity index (χ2n) is 6.22. The topological polar surface area (TPSA) is 49.3 Å². The molecule has 1 amide bonds. The number of anilines is 1. The number of nitrogens with one attached hydrogen (secondary N) is 1. The van der Waals surface area contributed by atoms with Crippen LogP contribution in [-0.2, 0) is 11.4 Å². The summed E-state index contributed by atoms with van der Waals surface area (Å²) in [4.78, 5) is 12.2. The maximum Gasteiger partial charge on any atom is 0.228 e. The Hall–Kier alpha value is -1.35. The van der Waals surface area contributed by atoms with E-state index in [0.717, 1.165) is 11.3 Å². The average molecular weight is 247 g/mol. The molecule has 0 aliphatic heterocycles. The third-order valence-corrected chi connectivity index (χ3v) is 4.66. The lowest BCUT2D eigenvalue weighted by Gasteiger charge is -2.07. The fraction of sp³-hybridized carbons (Fsp3) is 0.533. The Morgan fingerprint density at radius 2 is 1.89 bits per heavy atom. The average Bonchev–Trinajstić information content (AvgIpc) is 2.69. The zero-order valence-corrected chi connectivity index (χ0v) is 11.4. The Kier molecular flexibility index (Phi) is 2.98. The van der Waals surface area contributed by atoms with E-state index >= 15 is 0 Å². The first-order chi connectivity index (χ1) is 8.30. The minimum absolute atomic E-state index is 0.00980. The van der Waals surface area contributed by atoms with Crippen molar-refractivity contribution < 1.29 is 9.90 Å². The van der Waals surface area contributed by atoms with E-state index in [4.69, 9.17) is 5.11 Å². The maximum atomic E-state index is 12.2. The van der Waals surface area contributed by atoms with Crippen LogP contribution in [0.15, 0.2) is 24.3 Å². The maximum absolute atomic E-state index is 12.2. The molecule has 0 saturated heterocycles. The highest BCUT2D eigenvalue weighted by Gasteiger charge is 2.68.